The molecule has 0 aliphatic carbocycles. The van der Waals surface area contributed by atoms with Crippen molar-refractivity contribution in [2.24, 2.45) is 0 Å². The van der Waals surface area contributed by atoms with E-state index < -0.39 is 6.10 Å². The number of quaternary nitrogens is 2. The number of hydrogen-bond donors (Lipinski definition) is 3. The molecule has 0 radical (unpaired) electrons. The minimum Gasteiger partial charge on any atom is -0.385 e. The maximum absolute atomic E-state index is 10.2. The van der Waals surface area contributed by atoms with Crippen molar-refractivity contribution in [3.8, 4) is 0 Å². The van der Waals surface area contributed by atoms with Crippen molar-refractivity contribution in [3.63, 3.8) is 0 Å². The summed E-state index contributed by atoms with van der Waals surface area (Å²) in [5, 5.41) is 11.0. The second kappa shape index (κ2) is 9.60. The number of benzene rings is 1. The summed E-state index contributed by atoms with van der Waals surface area (Å²) in [5.74, 6) is 0. The molecule has 2 atom stereocenters. The van der Waals surface area contributed by atoms with Crippen LogP contribution in [0.5, 0.6) is 0 Å². The van der Waals surface area contributed by atoms with Gasteiger partial charge in [0.25, 0.3) is 0 Å². The first-order valence-electron chi connectivity index (χ1n) is 8.80. The van der Waals surface area contributed by atoms with Crippen LogP contribution < -0.4 is 9.80 Å². The van der Waals surface area contributed by atoms with Gasteiger partial charge in [-0.05, 0) is 31.0 Å². The molecule has 1 saturated heterocycles. The van der Waals surface area contributed by atoms with Gasteiger partial charge >= 0.3 is 0 Å². The molecule has 1 aromatic carbocycles. The van der Waals surface area contributed by atoms with Crippen molar-refractivity contribution in [3.05, 3.63) is 34.9 Å². The number of nitrogens with one attached hydrogen (secondary N) is 2. The zero-order valence-electron chi connectivity index (χ0n) is 14.4. The number of aliphatic hydroxyl groups excluding tert-OH is 1. The molecule has 23 heavy (non-hydrogen) atoms. The fraction of sp³-hybridized carbons (Fsp3) is 0.667. The van der Waals surface area contributed by atoms with Gasteiger partial charge in [0.1, 0.15) is 38.8 Å². The van der Waals surface area contributed by atoms with Crippen LogP contribution in [0.2, 0.25) is 5.02 Å². The van der Waals surface area contributed by atoms with Gasteiger partial charge in [0.2, 0.25) is 0 Å². The maximum atomic E-state index is 10.2. The molecule has 1 aliphatic heterocycles. The Morgan fingerprint density at radius 3 is 2.35 bits per heavy atom. The predicted molar refractivity (Wildman–Crippen MR) is 93.2 cm³/mol. The second-order valence-corrected chi connectivity index (χ2v) is 7.07. The molecule has 130 valence electrons. The van der Waals surface area contributed by atoms with Crippen molar-refractivity contribution in [1.29, 1.82) is 0 Å². The SMILES string of the molecule is CCC[NH+]1CC[NH+](C[C@@H](O)CO[C@H](C)c2ccc(Cl)cc2)CC1. The average Bonchev–Trinajstić information content (AvgIpc) is 2.55. The van der Waals surface area contributed by atoms with Crippen LogP contribution in [0, 0.1) is 0 Å². The first-order valence-corrected chi connectivity index (χ1v) is 9.18. The summed E-state index contributed by atoms with van der Waals surface area (Å²) in [4.78, 5) is 3.21. The normalized spacial score (nSPS) is 24.3. The predicted octanol–water partition coefficient (Wildman–Crippen LogP) is -0.0281. The van der Waals surface area contributed by atoms with Crippen molar-refractivity contribution in [2.75, 3.05) is 45.9 Å². The Labute approximate surface area is 145 Å². The van der Waals surface area contributed by atoms with Gasteiger partial charge in [-0.2, -0.15) is 0 Å². The van der Waals surface area contributed by atoms with E-state index in [0.29, 0.717) is 6.61 Å². The summed E-state index contributed by atoms with van der Waals surface area (Å²) < 4.78 is 5.82. The van der Waals surface area contributed by atoms with E-state index in [4.69, 9.17) is 16.3 Å². The molecule has 5 heteroatoms. The highest BCUT2D eigenvalue weighted by Crippen LogP contribution is 2.19. The zero-order chi connectivity index (χ0) is 16.7. The molecule has 0 spiro atoms. The van der Waals surface area contributed by atoms with Crippen LogP contribution in [0.4, 0.5) is 0 Å². The van der Waals surface area contributed by atoms with Gasteiger partial charge in [-0.15, -0.1) is 0 Å². The lowest BCUT2D eigenvalue weighted by Gasteiger charge is -2.30. The molecular formula is C18H31ClN2O2+2. The number of piperazine rings is 1. The van der Waals surface area contributed by atoms with E-state index in [1.165, 1.54) is 31.0 Å². The van der Waals surface area contributed by atoms with E-state index in [9.17, 15) is 5.11 Å². The Morgan fingerprint density at radius 1 is 1.13 bits per heavy atom. The highest BCUT2D eigenvalue weighted by Gasteiger charge is 2.24. The van der Waals surface area contributed by atoms with Crippen LogP contribution in [0.3, 0.4) is 0 Å². The summed E-state index contributed by atoms with van der Waals surface area (Å²) in [5.41, 5.74) is 1.09. The van der Waals surface area contributed by atoms with Gasteiger partial charge in [-0.1, -0.05) is 30.7 Å². The third kappa shape index (κ3) is 6.40. The summed E-state index contributed by atoms with van der Waals surface area (Å²) in [7, 11) is 0. The van der Waals surface area contributed by atoms with E-state index in [1.54, 1.807) is 4.90 Å². The van der Waals surface area contributed by atoms with Crippen LogP contribution in [0.15, 0.2) is 24.3 Å². The summed E-state index contributed by atoms with van der Waals surface area (Å²) in [6, 6.07) is 7.69. The van der Waals surface area contributed by atoms with Gasteiger partial charge in [0, 0.05) is 5.02 Å². The second-order valence-electron chi connectivity index (χ2n) is 6.64. The number of hydrogen-bond acceptors (Lipinski definition) is 2. The van der Waals surface area contributed by atoms with Gasteiger partial charge in [-0.3, -0.25) is 0 Å². The standard InChI is InChI=1S/C18H29ClN2O2/c1-3-8-20-9-11-21(12-10-20)13-18(22)14-23-15(2)16-4-6-17(19)7-5-16/h4-7,15,18,22H,3,8-14H2,1-2H3/p+2/t15-,18-/m1/s1. The Balaban J connectivity index is 1.67. The first-order chi connectivity index (χ1) is 11.1. The quantitative estimate of drug-likeness (QED) is 0.621. The first kappa shape index (κ1) is 18.7. The monoisotopic (exact) mass is 342 g/mol. The molecule has 0 saturated carbocycles. The number of rotatable bonds is 8. The zero-order valence-corrected chi connectivity index (χ0v) is 15.1. The number of halogens is 1. The Kier molecular flexibility index (Phi) is 7.80. The molecule has 3 N–H and O–H groups in total. The van der Waals surface area contributed by atoms with Crippen molar-refractivity contribution in [1.82, 2.24) is 0 Å². The smallest absolute Gasteiger partial charge is 0.127 e. The summed E-state index contributed by atoms with van der Waals surface area (Å²) in [6.45, 7) is 11.4. The molecule has 1 fully saturated rings. The van der Waals surface area contributed by atoms with Crippen molar-refractivity contribution < 1.29 is 19.6 Å². The summed E-state index contributed by atoms with van der Waals surface area (Å²) >= 11 is 5.90. The Morgan fingerprint density at radius 2 is 1.74 bits per heavy atom. The minimum atomic E-state index is -0.396. The molecule has 1 aliphatic rings. The number of aliphatic hydroxyl groups is 1. The Hall–Kier alpha value is -0.650. The van der Waals surface area contributed by atoms with Gasteiger partial charge in [0.15, 0.2) is 0 Å². The van der Waals surface area contributed by atoms with Gasteiger partial charge in [0.05, 0.1) is 19.3 Å². The van der Waals surface area contributed by atoms with Crippen molar-refractivity contribution >= 4 is 11.6 Å². The lowest BCUT2D eigenvalue weighted by molar-refractivity contribution is -1.01. The lowest BCUT2D eigenvalue weighted by atomic mass is 10.1. The molecular weight excluding hydrogens is 312 g/mol. The fourth-order valence-corrected chi connectivity index (χ4v) is 3.37. The molecule has 2 rings (SSSR count). The average molecular weight is 343 g/mol. The van der Waals surface area contributed by atoms with Gasteiger partial charge < -0.3 is 19.6 Å². The summed E-state index contributed by atoms with van der Waals surface area (Å²) in [6.07, 6.45) is 0.833. The van der Waals surface area contributed by atoms with E-state index in [-0.39, 0.29) is 6.10 Å². The van der Waals surface area contributed by atoms with Crippen LogP contribution in [-0.4, -0.2) is 57.1 Å². The fourth-order valence-electron chi connectivity index (χ4n) is 3.24. The van der Waals surface area contributed by atoms with E-state index in [2.05, 4.69) is 6.92 Å². The van der Waals surface area contributed by atoms with E-state index in [1.807, 2.05) is 31.2 Å². The maximum Gasteiger partial charge on any atom is 0.127 e. The molecule has 0 amide bonds. The molecule has 0 unspecified atom stereocenters. The molecule has 0 bridgehead atoms. The highest BCUT2D eigenvalue weighted by molar-refractivity contribution is 6.30. The molecule has 4 nitrogen and oxygen atoms in total. The molecule has 1 aromatic rings. The van der Waals surface area contributed by atoms with E-state index in [0.717, 1.165) is 30.2 Å². The minimum absolute atomic E-state index is 0.0252. The largest absolute Gasteiger partial charge is 0.385 e. The van der Waals surface area contributed by atoms with Crippen molar-refractivity contribution in [2.45, 2.75) is 32.5 Å². The van der Waals surface area contributed by atoms with Crippen LogP contribution in [-0.2, 0) is 4.74 Å². The molecule has 0 aromatic heterocycles. The van der Waals surface area contributed by atoms with Gasteiger partial charge in [-0.25, -0.2) is 0 Å². The van der Waals surface area contributed by atoms with Crippen LogP contribution in [0.25, 0.3) is 0 Å². The van der Waals surface area contributed by atoms with Crippen LogP contribution >= 0.6 is 11.6 Å². The topological polar surface area (TPSA) is 38.3 Å². The third-order valence-corrected chi connectivity index (χ3v) is 4.92. The third-order valence-electron chi connectivity index (χ3n) is 4.67. The van der Waals surface area contributed by atoms with E-state index >= 15 is 0 Å². The lowest BCUT2D eigenvalue weighted by Crippen LogP contribution is -3.28. The molecule has 1 heterocycles. The van der Waals surface area contributed by atoms with Crippen LogP contribution in [0.1, 0.15) is 31.9 Å². The number of ether oxygens (including phenoxy) is 1. The Bertz CT molecular complexity index is 447. The highest BCUT2D eigenvalue weighted by atomic mass is 35.5.